The number of hydrogen-bond acceptors (Lipinski definition) is 0. The fraction of sp³-hybridized carbons (Fsp3) is 0.647. The molecule has 0 aromatic heterocycles. The second-order valence-electron chi connectivity index (χ2n) is 7.40. The molecule has 0 aliphatic heterocycles. The van der Waals surface area contributed by atoms with Gasteiger partial charge in [-0.25, -0.2) is 0 Å². The maximum Gasteiger partial charge on any atom is 0.460 e. The van der Waals surface area contributed by atoms with Crippen LogP contribution < -0.4 is 0 Å². The molecule has 204 valence electrons. The number of halogens is 18. The van der Waals surface area contributed by atoms with Crippen molar-refractivity contribution in [2.45, 2.75) is 67.7 Å². The van der Waals surface area contributed by atoms with Crippen LogP contribution in [-0.4, -0.2) is 36.0 Å². The van der Waals surface area contributed by atoms with Crippen molar-refractivity contribution >= 4 is 0 Å². The molecule has 0 aliphatic rings. The van der Waals surface area contributed by atoms with Crippen LogP contribution in [0.4, 0.5) is 79.0 Å². The number of alkyl halides is 18. The average molecular weight is 556 g/mol. The minimum atomic E-state index is -7.55. The van der Waals surface area contributed by atoms with Gasteiger partial charge in [0.05, 0.1) is 0 Å². The van der Waals surface area contributed by atoms with Crippen molar-refractivity contribution in [3.63, 3.8) is 0 Å². The summed E-state index contributed by atoms with van der Waals surface area (Å²) in [6.45, 7) is 1.53. The van der Waals surface area contributed by atoms with Gasteiger partial charge >= 0.3 is 47.9 Å². The van der Waals surface area contributed by atoms with Crippen molar-refractivity contribution < 1.29 is 79.0 Å². The lowest BCUT2D eigenvalue weighted by Crippen LogP contribution is -2.60. The Kier molecular flexibility index (Phi) is 7.30. The van der Waals surface area contributed by atoms with E-state index in [2.05, 4.69) is 0 Å². The molecule has 0 aliphatic carbocycles. The Labute approximate surface area is 182 Å². The van der Waals surface area contributed by atoms with Gasteiger partial charge in [0.1, 0.15) is 0 Å². The molecular formula is C17H10F18. The molecule has 0 unspecified atom stereocenters. The first kappa shape index (κ1) is 31.0. The molecule has 0 heterocycles. The molecule has 0 nitrogen and oxygen atoms in total. The Morgan fingerprint density at radius 1 is 0.486 bits per heavy atom. The van der Waals surface area contributed by atoms with Crippen LogP contribution in [0.1, 0.15) is 36.5 Å². The molecular weight excluding hydrogens is 546 g/mol. The molecule has 1 rings (SSSR count). The van der Waals surface area contributed by atoms with Crippen LogP contribution >= 0.6 is 0 Å². The number of benzene rings is 1. The Hall–Kier alpha value is -2.04. The second kappa shape index (κ2) is 8.24. The van der Waals surface area contributed by atoms with Crippen LogP contribution in [0.15, 0.2) is 18.2 Å². The van der Waals surface area contributed by atoms with E-state index in [-0.39, 0.29) is 6.07 Å². The van der Waals surface area contributed by atoms with Crippen molar-refractivity contribution in [2.24, 2.45) is 0 Å². The molecule has 1 aromatic carbocycles. The van der Waals surface area contributed by atoms with Gasteiger partial charge < -0.3 is 0 Å². The van der Waals surface area contributed by atoms with Crippen molar-refractivity contribution in [1.29, 1.82) is 0 Å². The van der Waals surface area contributed by atoms with Crippen LogP contribution in [0.2, 0.25) is 0 Å². The van der Waals surface area contributed by atoms with E-state index in [1.165, 1.54) is 0 Å². The third-order valence-corrected chi connectivity index (χ3v) is 4.67. The van der Waals surface area contributed by atoms with E-state index < -0.39 is 82.6 Å². The number of rotatable bonds is 7. The predicted octanol–water partition coefficient (Wildman–Crippen LogP) is 8.66. The van der Waals surface area contributed by atoms with Gasteiger partial charge in [0.2, 0.25) is 0 Å². The third-order valence-electron chi connectivity index (χ3n) is 4.67. The fourth-order valence-corrected chi connectivity index (χ4v) is 2.63. The van der Waals surface area contributed by atoms with E-state index in [9.17, 15) is 79.0 Å². The lowest BCUT2D eigenvalue weighted by Gasteiger charge is -2.36. The maximum absolute atomic E-state index is 14.4. The Bertz CT molecular complexity index is 918. The Morgan fingerprint density at radius 3 is 1.14 bits per heavy atom. The zero-order chi connectivity index (χ0) is 28.4. The summed E-state index contributed by atoms with van der Waals surface area (Å²) in [5.41, 5.74) is -7.22. The highest BCUT2D eigenvalue weighted by molar-refractivity contribution is 5.41. The van der Waals surface area contributed by atoms with Gasteiger partial charge in [-0.2, -0.15) is 79.0 Å². The summed E-state index contributed by atoms with van der Waals surface area (Å²) < 4.78 is 238. The highest BCUT2D eigenvalue weighted by atomic mass is 19.4. The first-order chi connectivity index (χ1) is 15.0. The number of hydrogen-bond donors (Lipinski definition) is 0. The molecule has 0 saturated carbocycles. The van der Waals surface area contributed by atoms with E-state index in [0.717, 1.165) is 13.8 Å². The fourth-order valence-electron chi connectivity index (χ4n) is 2.63. The first-order valence-electron chi connectivity index (χ1n) is 8.58. The first-order valence-corrected chi connectivity index (χ1v) is 8.58. The van der Waals surface area contributed by atoms with Crippen LogP contribution in [0.3, 0.4) is 0 Å². The molecule has 18 heteroatoms. The quantitative estimate of drug-likeness (QED) is 0.295. The lowest BCUT2D eigenvalue weighted by molar-refractivity contribution is -0.400. The van der Waals surface area contributed by atoms with Crippen molar-refractivity contribution in [3.8, 4) is 0 Å². The Balaban J connectivity index is 3.96. The normalized spacial score (nSPS) is 15.7. The zero-order valence-corrected chi connectivity index (χ0v) is 16.6. The van der Waals surface area contributed by atoms with Crippen molar-refractivity contribution in [3.05, 3.63) is 34.9 Å². The molecule has 0 N–H and O–H groups in total. The second-order valence-corrected chi connectivity index (χ2v) is 7.40. The molecule has 0 bridgehead atoms. The molecule has 1 aromatic rings. The largest absolute Gasteiger partial charge is 0.460 e. The summed E-state index contributed by atoms with van der Waals surface area (Å²) in [5, 5.41) is 0. The monoisotopic (exact) mass is 556 g/mol. The molecule has 0 fully saturated rings. The van der Waals surface area contributed by atoms with E-state index in [1.54, 1.807) is 0 Å². The minimum Gasteiger partial charge on any atom is -0.194 e. The van der Waals surface area contributed by atoms with Crippen LogP contribution in [0.5, 0.6) is 0 Å². The summed E-state index contributed by atoms with van der Waals surface area (Å²) in [6, 6.07) is -1.95. The molecule has 0 atom stereocenters. The van der Waals surface area contributed by atoms with Gasteiger partial charge in [-0.3, -0.25) is 0 Å². The SMILES string of the molecule is CC(C)c1ccc(C(F)(F)C(F)(F)C(F)(F)C(F)(F)F)cc1C(F)(F)C(F)(F)C(F)(F)C(F)(F)F. The predicted molar refractivity (Wildman–Crippen MR) is 80.2 cm³/mol. The Morgan fingerprint density at radius 2 is 0.829 bits per heavy atom. The molecule has 0 radical (unpaired) electrons. The summed E-state index contributed by atoms with van der Waals surface area (Å²) in [5.74, 6) is -45.2. The van der Waals surface area contributed by atoms with Gasteiger partial charge in [-0.1, -0.05) is 26.0 Å². The van der Waals surface area contributed by atoms with Gasteiger partial charge in [0.15, 0.2) is 0 Å². The van der Waals surface area contributed by atoms with Gasteiger partial charge in [-0.05, 0) is 17.5 Å². The standard InChI is InChI=1S/C17H10F18/c1-6(2)8-4-3-7(10(18,19)12(22,23)14(26,27)16(30,31)32)5-9(8)11(20,21)13(24,25)15(28,29)17(33,34)35/h3-6H,1-2H3. The van der Waals surface area contributed by atoms with Crippen LogP contribution in [0.25, 0.3) is 0 Å². The maximum atomic E-state index is 14.4. The van der Waals surface area contributed by atoms with Gasteiger partial charge in [0.25, 0.3) is 0 Å². The van der Waals surface area contributed by atoms with Gasteiger partial charge in [-0.15, -0.1) is 0 Å². The molecule has 0 saturated heterocycles. The molecule has 0 spiro atoms. The lowest BCUT2D eigenvalue weighted by atomic mass is 9.85. The van der Waals surface area contributed by atoms with Crippen LogP contribution in [-0.2, 0) is 11.8 Å². The van der Waals surface area contributed by atoms with Crippen LogP contribution in [0, 0.1) is 0 Å². The summed E-state index contributed by atoms with van der Waals surface area (Å²) in [6.07, 6.45) is -14.7. The zero-order valence-electron chi connectivity index (χ0n) is 16.6. The van der Waals surface area contributed by atoms with E-state index in [4.69, 9.17) is 0 Å². The van der Waals surface area contributed by atoms with Gasteiger partial charge in [0, 0.05) is 11.1 Å². The summed E-state index contributed by atoms with van der Waals surface area (Å²) in [4.78, 5) is 0. The smallest absolute Gasteiger partial charge is 0.194 e. The van der Waals surface area contributed by atoms with Crippen molar-refractivity contribution in [1.82, 2.24) is 0 Å². The van der Waals surface area contributed by atoms with E-state index in [0.29, 0.717) is 0 Å². The third kappa shape index (κ3) is 4.38. The highest BCUT2D eigenvalue weighted by Gasteiger charge is 2.83. The van der Waals surface area contributed by atoms with E-state index >= 15 is 0 Å². The summed E-state index contributed by atoms with van der Waals surface area (Å²) >= 11 is 0. The minimum absolute atomic E-state index is 0.221. The summed E-state index contributed by atoms with van der Waals surface area (Å²) in [7, 11) is 0. The molecule has 0 amide bonds. The topological polar surface area (TPSA) is 0 Å². The highest BCUT2D eigenvalue weighted by Crippen LogP contribution is 2.60. The average Bonchev–Trinajstić information content (AvgIpc) is 2.64. The van der Waals surface area contributed by atoms with Crippen molar-refractivity contribution in [2.75, 3.05) is 0 Å². The van der Waals surface area contributed by atoms with E-state index in [1.807, 2.05) is 0 Å². The molecule has 35 heavy (non-hydrogen) atoms.